The number of piperazine rings is 1. The summed E-state index contributed by atoms with van der Waals surface area (Å²) >= 11 is 0. The first-order valence-corrected chi connectivity index (χ1v) is 9.27. The summed E-state index contributed by atoms with van der Waals surface area (Å²) in [7, 11) is 1.64. The van der Waals surface area contributed by atoms with Crippen molar-refractivity contribution < 1.29 is 14.6 Å². The van der Waals surface area contributed by atoms with Gasteiger partial charge in [0.2, 0.25) is 0 Å². The van der Waals surface area contributed by atoms with Crippen molar-refractivity contribution >= 4 is 6.08 Å². The summed E-state index contributed by atoms with van der Waals surface area (Å²) in [4.78, 5) is 4.91. The summed E-state index contributed by atoms with van der Waals surface area (Å²) in [6.07, 6.45) is 6.24. The third kappa shape index (κ3) is 5.21. The number of allylic oxidation sites excluding steroid dienone is 1. The molecule has 1 saturated heterocycles. The molecular formula is C20H30N2O3. The third-order valence-electron chi connectivity index (χ3n) is 4.92. The van der Waals surface area contributed by atoms with Crippen molar-refractivity contribution in [2.24, 2.45) is 0 Å². The lowest BCUT2D eigenvalue weighted by molar-refractivity contribution is 0.0440. The Morgan fingerprint density at radius 2 is 1.96 bits per heavy atom. The van der Waals surface area contributed by atoms with Gasteiger partial charge in [0.15, 0.2) is 11.5 Å². The van der Waals surface area contributed by atoms with Gasteiger partial charge in [0.05, 0.1) is 7.11 Å². The molecule has 5 heteroatoms. The fraction of sp³-hybridized carbons (Fsp3) is 0.600. The van der Waals surface area contributed by atoms with Gasteiger partial charge in [-0.3, -0.25) is 9.80 Å². The molecule has 2 fully saturated rings. The molecule has 3 rings (SSSR count). The Hall–Kier alpha value is -1.56. The van der Waals surface area contributed by atoms with Crippen molar-refractivity contribution in [3.63, 3.8) is 0 Å². The van der Waals surface area contributed by atoms with E-state index >= 15 is 0 Å². The first-order chi connectivity index (χ1) is 12.2. The fourth-order valence-corrected chi connectivity index (χ4v) is 3.39. The number of aliphatic hydroxyl groups excluding tert-OH is 1. The van der Waals surface area contributed by atoms with Crippen molar-refractivity contribution in [2.75, 3.05) is 46.4 Å². The van der Waals surface area contributed by atoms with E-state index in [2.05, 4.69) is 9.80 Å². The summed E-state index contributed by atoms with van der Waals surface area (Å²) in [5.74, 6) is 1.37. The SMILES string of the molecule is CC=Cc1ccc(OCC(O)CN2CCN(C3CC3)CC2)c(OC)c1. The summed E-state index contributed by atoms with van der Waals surface area (Å²) < 4.78 is 11.2. The minimum absolute atomic E-state index is 0.280. The first-order valence-electron chi connectivity index (χ1n) is 9.27. The normalized spacial score (nSPS) is 20.8. The predicted octanol–water partition coefficient (Wildman–Crippen LogP) is 2.25. The van der Waals surface area contributed by atoms with E-state index in [0.717, 1.165) is 37.8 Å². The molecule has 0 spiro atoms. The van der Waals surface area contributed by atoms with Crippen molar-refractivity contribution in [1.29, 1.82) is 0 Å². The molecule has 1 heterocycles. The van der Waals surface area contributed by atoms with Gasteiger partial charge in [0.1, 0.15) is 12.7 Å². The minimum atomic E-state index is -0.493. The summed E-state index contributed by atoms with van der Waals surface area (Å²) in [5, 5.41) is 10.3. The fourth-order valence-electron chi connectivity index (χ4n) is 3.39. The molecular weight excluding hydrogens is 316 g/mol. The monoisotopic (exact) mass is 346 g/mol. The predicted molar refractivity (Wildman–Crippen MR) is 100 cm³/mol. The first kappa shape index (κ1) is 18.2. The number of ether oxygens (including phenoxy) is 2. The van der Waals surface area contributed by atoms with Gasteiger partial charge >= 0.3 is 0 Å². The zero-order valence-electron chi connectivity index (χ0n) is 15.4. The maximum atomic E-state index is 10.3. The molecule has 0 radical (unpaired) electrons. The van der Waals surface area contributed by atoms with Crippen LogP contribution in [-0.2, 0) is 0 Å². The standard InChI is InChI=1S/C20H30N2O3/c1-3-4-16-5-8-19(20(13-16)24-2)25-15-18(23)14-21-9-11-22(12-10-21)17-6-7-17/h3-5,8,13,17-18,23H,6-7,9-12,14-15H2,1-2H3. The van der Waals surface area contributed by atoms with Crippen LogP contribution in [0.15, 0.2) is 24.3 Å². The van der Waals surface area contributed by atoms with Gasteiger partial charge in [-0.25, -0.2) is 0 Å². The van der Waals surface area contributed by atoms with Crippen LogP contribution < -0.4 is 9.47 Å². The van der Waals surface area contributed by atoms with Crippen LogP contribution in [0.25, 0.3) is 6.08 Å². The number of hydrogen-bond acceptors (Lipinski definition) is 5. The zero-order valence-corrected chi connectivity index (χ0v) is 15.4. The van der Waals surface area contributed by atoms with E-state index in [1.807, 2.05) is 37.3 Å². The van der Waals surface area contributed by atoms with E-state index in [1.54, 1.807) is 7.11 Å². The Morgan fingerprint density at radius 1 is 1.20 bits per heavy atom. The average molecular weight is 346 g/mol. The Labute approximate surface area is 150 Å². The molecule has 25 heavy (non-hydrogen) atoms. The summed E-state index contributed by atoms with van der Waals surface area (Å²) in [6, 6.07) is 6.67. The van der Waals surface area contributed by atoms with Gasteiger partial charge in [0, 0.05) is 38.8 Å². The molecule has 1 aromatic rings. The van der Waals surface area contributed by atoms with E-state index < -0.39 is 6.10 Å². The average Bonchev–Trinajstić information content (AvgIpc) is 3.46. The molecule has 138 valence electrons. The third-order valence-corrected chi connectivity index (χ3v) is 4.92. The molecule has 1 aliphatic carbocycles. The molecule has 1 saturated carbocycles. The summed E-state index contributed by atoms with van der Waals surface area (Å²) in [5.41, 5.74) is 1.07. The number of rotatable bonds is 8. The topological polar surface area (TPSA) is 45.2 Å². The van der Waals surface area contributed by atoms with Crippen molar-refractivity contribution in [3.05, 3.63) is 29.8 Å². The van der Waals surface area contributed by atoms with Crippen LogP contribution in [0.3, 0.4) is 0 Å². The largest absolute Gasteiger partial charge is 0.493 e. The van der Waals surface area contributed by atoms with E-state index in [0.29, 0.717) is 18.0 Å². The maximum absolute atomic E-state index is 10.3. The van der Waals surface area contributed by atoms with Gasteiger partial charge in [-0.05, 0) is 37.5 Å². The quantitative estimate of drug-likeness (QED) is 0.782. The highest BCUT2D eigenvalue weighted by molar-refractivity contribution is 5.55. The molecule has 2 aliphatic rings. The molecule has 0 bridgehead atoms. The molecule has 1 aliphatic heterocycles. The van der Waals surface area contributed by atoms with Gasteiger partial charge in [0.25, 0.3) is 0 Å². The van der Waals surface area contributed by atoms with Crippen LogP contribution in [0.4, 0.5) is 0 Å². The molecule has 1 N–H and O–H groups in total. The Kier molecular flexibility index (Phi) is 6.34. The second kappa shape index (κ2) is 8.70. The molecule has 1 aromatic carbocycles. The second-order valence-electron chi connectivity index (χ2n) is 6.94. The molecule has 1 unspecified atom stereocenters. The van der Waals surface area contributed by atoms with Gasteiger partial charge in [-0.2, -0.15) is 0 Å². The minimum Gasteiger partial charge on any atom is -0.493 e. The zero-order chi connectivity index (χ0) is 17.6. The highest BCUT2D eigenvalue weighted by atomic mass is 16.5. The van der Waals surface area contributed by atoms with Crippen molar-refractivity contribution in [2.45, 2.75) is 31.9 Å². The number of benzene rings is 1. The lowest BCUT2D eigenvalue weighted by Gasteiger charge is -2.35. The van der Waals surface area contributed by atoms with Gasteiger partial charge in [-0.15, -0.1) is 0 Å². The van der Waals surface area contributed by atoms with E-state index in [1.165, 1.54) is 12.8 Å². The highest BCUT2D eigenvalue weighted by Gasteiger charge is 2.31. The number of β-amino-alcohol motifs (C(OH)–C–C–N with tert-alkyl or cyclic N) is 1. The Bertz CT molecular complexity index is 578. The maximum Gasteiger partial charge on any atom is 0.161 e. The van der Waals surface area contributed by atoms with Crippen LogP contribution in [0.1, 0.15) is 25.3 Å². The van der Waals surface area contributed by atoms with Crippen LogP contribution in [0.2, 0.25) is 0 Å². The van der Waals surface area contributed by atoms with E-state index in [4.69, 9.17) is 9.47 Å². The van der Waals surface area contributed by atoms with Gasteiger partial charge < -0.3 is 14.6 Å². The molecule has 0 aromatic heterocycles. The van der Waals surface area contributed by atoms with Crippen molar-refractivity contribution in [3.8, 4) is 11.5 Å². The molecule has 0 amide bonds. The van der Waals surface area contributed by atoms with Crippen LogP contribution >= 0.6 is 0 Å². The van der Waals surface area contributed by atoms with Crippen LogP contribution in [0, 0.1) is 0 Å². The van der Waals surface area contributed by atoms with Crippen molar-refractivity contribution in [1.82, 2.24) is 9.80 Å². The lowest BCUT2D eigenvalue weighted by Crippen LogP contribution is -2.49. The van der Waals surface area contributed by atoms with E-state index in [9.17, 15) is 5.11 Å². The van der Waals surface area contributed by atoms with E-state index in [-0.39, 0.29) is 6.61 Å². The number of methoxy groups -OCH3 is 1. The Balaban J connectivity index is 1.44. The molecule has 5 nitrogen and oxygen atoms in total. The van der Waals surface area contributed by atoms with Crippen LogP contribution in [0.5, 0.6) is 11.5 Å². The summed E-state index contributed by atoms with van der Waals surface area (Å²) in [6.45, 7) is 7.25. The lowest BCUT2D eigenvalue weighted by atomic mass is 10.2. The Morgan fingerprint density at radius 3 is 2.60 bits per heavy atom. The second-order valence-corrected chi connectivity index (χ2v) is 6.94. The number of hydrogen-bond donors (Lipinski definition) is 1. The highest BCUT2D eigenvalue weighted by Crippen LogP contribution is 2.29. The molecule has 1 atom stereocenters. The number of nitrogens with zero attached hydrogens (tertiary/aromatic N) is 2. The van der Waals surface area contributed by atoms with Gasteiger partial charge in [-0.1, -0.05) is 18.2 Å². The number of aliphatic hydroxyl groups is 1. The van der Waals surface area contributed by atoms with Crippen LogP contribution in [-0.4, -0.2) is 73.5 Å². The smallest absolute Gasteiger partial charge is 0.161 e.